The summed E-state index contributed by atoms with van der Waals surface area (Å²) in [4.78, 5) is 0. The molecule has 8 heteroatoms. The van der Waals surface area contributed by atoms with Crippen LogP contribution in [0.15, 0.2) is 0 Å². The van der Waals surface area contributed by atoms with Crippen LogP contribution in [0.4, 0.5) is 30.7 Å². The van der Waals surface area contributed by atoms with Crippen molar-refractivity contribution in [3.63, 3.8) is 0 Å². The molecule has 0 radical (unpaired) electrons. The molecule has 0 heterocycles. The topological polar surface area (TPSA) is 9.23 Å². The molecule has 0 aromatic heterocycles. The van der Waals surface area contributed by atoms with E-state index in [1.807, 2.05) is 0 Å². The molecule has 0 saturated heterocycles. The van der Waals surface area contributed by atoms with Crippen molar-refractivity contribution < 1.29 is 35.5 Å². The number of alkyl halides is 7. The van der Waals surface area contributed by atoms with E-state index in [-0.39, 0.29) is 0 Å². The number of ether oxygens (including phenoxy) is 1. The summed E-state index contributed by atoms with van der Waals surface area (Å²) in [5, 5.41) is 0. The van der Waals surface area contributed by atoms with E-state index >= 15 is 0 Å². The van der Waals surface area contributed by atoms with E-state index in [1.54, 1.807) is 0 Å². The van der Waals surface area contributed by atoms with Gasteiger partial charge in [-0.1, -0.05) is 6.92 Å². The van der Waals surface area contributed by atoms with Gasteiger partial charge in [0.05, 0.1) is 0 Å². The summed E-state index contributed by atoms with van der Waals surface area (Å²) in [6.45, 7) is 0.943. The van der Waals surface area contributed by atoms with Crippen LogP contribution in [0.3, 0.4) is 0 Å². The highest BCUT2D eigenvalue weighted by Crippen LogP contribution is 2.34. The molecule has 0 amide bonds. The average molecular weight is 228 g/mol. The van der Waals surface area contributed by atoms with Gasteiger partial charge in [0.15, 0.2) is 6.17 Å². The Kier molecular flexibility index (Phi) is 4.16. The molecule has 0 aliphatic rings. The summed E-state index contributed by atoms with van der Waals surface area (Å²) in [5.41, 5.74) is 0. The van der Waals surface area contributed by atoms with Crippen molar-refractivity contribution in [1.29, 1.82) is 0 Å². The van der Waals surface area contributed by atoms with E-state index in [0.717, 1.165) is 6.92 Å². The van der Waals surface area contributed by atoms with Crippen LogP contribution in [0, 0.1) is 0 Å². The number of rotatable bonds is 4. The first-order valence-electron chi connectivity index (χ1n) is 3.51. The molecule has 0 spiro atoms. The molecule has 0 aliphatic carbocycles. The third-order valence-electron chi connectivity index (χ3n) is 1.32. The maximum atomic E-state index is 12.4. The molecule has 0 bridgehead atoms. The summed E-state index contributed by atoms with van der Waals surface area (Å²) in [7, 11) is 0. The first kappa shape index (κ1) is 13.5. The molecule has 1 nitrogen and oxygen atoms in total. The van der Waals surface area contributed by atoms with Crippen molar-refractivity contribution >= 4 is 0 Å². The third kappa shape index (κ3) is 3.69. The van der Waals surface area contributed by atoms with Gasteiger partial charge in [-0.3, -0.25) is 4.74 Å². The predicted molar refractivity (Wildman–Crippen MR) is 32.2 cm³/mol. The van der Waals surface area contributed by atoms with Crippen LogP contribution in [0.1, 0.15) is 13.3 Å². The molecule has 14 heavy (non-hydrogen) atoms. The second-order valence-electron chi connectivity index (χ2n) is 2.43. The number of halogens is 7. The number of hydrogen-bond donors (Lipinski definition) is 0. The SMILES string of the molecule is CCC(F)C(F)(F)C(F)OC(F)(F)F. The lowest BCUT2D eigenvalue weighted by Gasteiger charge is -2.23. The minimum absolute atomic E-state index is 0.811. The summed E-state index contributed by atoms with van der Waals surface area (Å²) >= 11 is 0. The van der Waals surface area contributed by atoms with Crippen molar-refractivity contribution in [1.82, 2.24) is 0 Å². The Balaban J connectivity index is 4.43. The zero-order chi connectivity index (χ0) is 11.6. The monoisotopic (exact) mass is 228 g/mol. The molecule has 0 fully saturated rings. The van der Waals surface area contributed by atoms with Gasteiger partial charge < -0.3 is 0 Å². The molecule has 0 aromatic rings. The quantitative estimate of drug-likeness (QED) is 0.671. The minimum atomic E-state index is -5.56. The molecule has 86 valence electrons. The zero-order valence-electron chi connectivity index (χ0n) is 6.92. The molecule has 0 N–H and O–H groups in total. The van der Waals surface area contributed by atoms with Gasteiger partial charge in [-0.25, -0.2) is 8.78 Å². The predicted octanol–water partition coefficient (Wildman–Crippen LogP) is 3.20. The molecule has 0 aromatic carbocycles. The summed E-state index contributed by atoms with van der Waals surface area (Å²) < 4.78 is 85.4. The van der Waals surface area contributed by atoms with Crippen LogP contribution < -0.4 is 0 Å². The maximum absolute atomic E-state index is 12.4. The van der Waals surface area contributed by atoms with E-state index in [4.69, 9.17) is 0 Å². The van der Waals surface area contributed by atoms with Crippen LogP contribution in [-0.2, 0) is 4.74 Å². The van der Waals surface area contributed by atoms with E-state index < -0.39 is 31.2 Å². The van der Waals surface area contributed by atoms with Gasteiger partial charge in [-0.05, 0) is 6.42 Å². The van der Waals surface area contributed by atoms with Gasteiger partial charge in [0, 0.05) is 0 Å². The van der Waals surface area contributed by atoms with Crippen molar-refractivity contribution in [2.75, 3.05) is 0 Å². The summed E-state index contributed by atoms with van der Waals surface area (Å²) in [6, 6.07) is 0. The first-order chi connectivity index (χ1) is 6.11. The number of hydrogen-bond acceptors (Lipinski definition) is 1. The van der Waals surface area contributed by atoms with Crippen LogP contribution in [0.25, 0.3) is 0 Å². The van der Waals surface area contributed by atoms with Gasteiger partial charge in [0.25, 0.3) is 6.36 Å². The fraction of sp³-hybridized carbons (Fsp3) is 1.00. The van der Waals surface area contributed by atoms with Gasteiger partial charge in [-0.2, -0.15) is 8.78 Å². The van der Waals surface area contributed by atoms with Crippen molar-refractivity contribution in [2.24, 2.45) is 0 Å². The Labute approximate surface area is 74.8 Å². The molecular formula is C6H7F7O. The Hall–Kier alpha value is -0.530. The van der Waals surface area contributed by atoms with Crippen LogP contribution in [0.5, 0.6) is 0 Å². The Morgan fingerprint density at radius 1 is 1.07 bits per heavy atom. The van der Waals surface area contributed by atoms with Gasteiger partial charge in [-0.15, -0.1) is 13.2 Å². The van der Waals surface area contributed by atoms with E-state index in [2.05, 4.69) is 4.74 Å². The third-order valence-corrected chi connectivity index (χ3v) is 1.32. The summed E-state index contributed by atoms with van der Waals surface area (Å²) in [6.07, 6.45) is -13.4. The lowest BCUT2D eigenvalue weighted by atomic mass is 10.1. The average Bonchev–Trinajstić information content (AvgIpc) is 1.99. The van der Waals surface area contributed by atoms with Gasteiger partial charge >= 0.3 is 12.3 Å². The molecular weight excluding hydrogens is 221 g/mol. The smallest absolute Gasteiger partial charge is 0.250 e. The molecule has 0 saturated carbocycles. The second kappa shape index (κ2) is 4.33. The fourth-order valence-electron chi connectivity index (χ4n) is 0.610. The zero-order valence-corrected chi connectivity index (χ0v) is 6.92. The van der Waals surface area contributed by atoms with Crippen molar-refractivity contribution in [2.45, 2.75) is 38.2 Å². The highest BCUT2D eigenvalue weighted by Gasteiger charge is 2.53. The van der Waals surface area contributed by atoms with Crippen LogP contribution >= 0.6 is 0 Å². The fourth-order valence-corrected chi connectivity index (χ4v) is 0.610. The normalized spacial score (nSPS) is 18.0. The largest absolute Gasteiger partial charge is 0.525 e. The standard InChI is InChI=1S/C6H7F7O/c1-2-3(7)5(9,10)4(8)14-6(11,12)13/h3-4H,2H2,1H3. The Bertz CT molecular complexity index is 178. The minimum Gasteiger partial charge on any atom is -0.250 e. The maximum Gasteiger partial charge on any atom is 0.525 e. The highest BCUT2D eigenvalue weighted by atomic mass is 19.4. The highest BCUT2D eigenvalue weighted by molar-refractivity contribution is 4.79. The van der Waals surface area contributed by atoms with Gasteiger partial charge in [0.1, 0.15) is 0 Å². The van der Waals surface area contributed by atoms with Gasteiger partial charge in [0.2, 0.25) is 0 Å². The first-order valence-corrected chi connectivity index (χ1v) is 3.51. The van der Waals surface area contributed by atoms with Crippen molar-refractivity contribution in [3.8, 4) is 0 Å². The Morgan fingerprint density at radius 3 is 1.79 bits per heavy atom. The lowest BCUT2D eigenvalue weighted by Crippen LogP contribution is -2.43. The van der Waals surface area contributed by atoms with E-state index in [1.165, 1.54) is 0 Å². The molecule has 2 atom stereocenters. The second-order valence-corrected chi connectivity index (χ2v) is 2.43. The van der Waals surface area contributed by atoms with E-state index in [0.29, 0.717) is 0 Å². The molecule has 0 rings (SSSR count). The molecule has 2 unspecified atom stereocenters. The Morgan fingerprint density at radius 2 is 1.50 bits per heavy atom. The van der Waals surface area contributed by atoms with Crippen LogP contribution in [-0.4, -0.2) is 24.8 Å². The summed E-state index contributed by atoms with van der Waals surface area (Å²) in [5.74, 6) is -4.80. The van der Waals surface area contributed by atoms with E-state index in [9.17, 15) is 30.7 Å². The lowest BCUT2D eigenvalue weighted by molar-refractivity contribution is -0.392. The van der Waals surface area contributed by atoms with Crippen LogP contribution in [0.2, 0.25) is 0 Å². The van der Waals surface area contributed by atoms with Crippen molar-refractivity contribution in [3.05, 3.63) is 0 Å². The molecule has 0 aliphatic heterocycles.